The molecule has 106 valence electrons. The van der Waals surface area contributed by atoms with Gasteiger partial charge in [-0.2, -0.15) is 4.72 Å². The molecule has 1 amide bonds. The average Bonchev–Trinajstić information content (AvgIpc) is 2.31. The smallest absolute Gasteiger partial charge is 0.244 e. The Balaban J connectivity index is 3.14. The number of hydrogen-bond donors (Lipinski definition) is 3. The highest BCUT2D eigenvalue weighted by molar-refractivity contribution is 7.89. The number of anilines is 1. The van der Waals surface area contributed by atoms with Crippen LogP contribution in [-0.4, -0.2) is 27.4 Å². The van der Waals surface area contributed by atoms with Gasteiger partial charge in [0.05, 0.1) is 6.04 Å². The molecule has 0 aliphatic carbocycles. The lowest BCUT2D eigenvalue weighted by Crippen LogP contribution is -2.43. The van der Waals surface area contributed by atoms with Gasteiger partial charge in [-0.3, -0.25) is 4.79 Å². The Labute approximate surface area is 111 Å². The van der Waals surface area contributed by atoms with Gasteiger partial charge in [0.1, 0.15) is 10.7 Å². The van der Waals surface area contributed by atoms with Gasteiger partial charge in [0, 0.05) is 12.7 Å². The minimum absolute atomic E-state index is 0.161. The van der Waals surface area contributed by atoms with Gasteiger partial charge in [-0.25, -0.2) is 12.8 Å². The van der Waals surface area contributed by atoms with E-state index in [1.807, 2.05) is 0 Å². The van der Waals surface area contributed by atoms with Gasteiger partial charge in [0.25, 0.3) is 0 Å². The number of sulfonamides is 1. The van der Waals surface area contributed by atoms with Crippen molar-refractivity contribution in [1.29, 1.82) is 0 Å². The first-order valence-corrected chi connectivity index (χ1v) is 6.97. The molecule has 0 fully saturated rings. The van der Waals surface area contributed by atoms with Crippen molar-refractivity contribution >= 4 is 21.6 Å². The number of rotatable bonds is 4. The topological polar surface area (TPSA) is 101 Å². The molecule has 1 aromatic rings. The summed E-state index contributed by atoms with van der Waals surface area (Å²) in [7, 11) is -2.78. The van der Waals surface area contributed by atoms with Crippen LogP contribution in [0.3, 0.4) is 0 Å². The van der Waals surface area contributed by atoms with Crippen LogP contribution in [0.4, 0.5) is 10.1 Å². The molecule has 6 nitrogen and oxygen atoms in total. The third-order valence-electron chi connectivity index (χ3n) is 2.58. The molecule has 0 aliphatic heterocycles. The molecule has 0 radical (unpaired) electrons. The molecule has 19 heavy (non-hydrogen) atoms. The molecule has 1 rings (SSSR count). The second kappa shape index (κ2) is 5.54. The first-order chi connectivity index (χ1) is 8.69. The summed E-state index contributed by atoms with van der Waals surface area (Å²) < 4.78 is 39.7. The van der Waals surface area contributed by atoms with Crippen LogP contribution in [0, 0.1) is 12.7 Å². The number of likely N-dealkylation sites (N-methyl/N-ethyl adjacent to an activating group) is 1. The van der Waals surface area contributed by atoms with E-state index in [2.05, 4.69) is 10.0 Å². The first-order valence-electron chi connectivity index (χ1n) is 5.48. The Hall–Kier alpha value is -1.67. The quantitative estimate of drug-likeness (QED) is 0.686. The van der Waals surface area contributed by atoms with E-state index in [0.717, 1.165) is 12.1 Å². The third kappa shape index (κ3) is 3.42. The lowest BCUT2D eigenvalue weighted by Gasteiger charge is -2.14. The number of carbonyl (C=O) groups is 1. The van der Waals surface area contributed by atoms with Gasteiger partial charge in [-0.15, -0.1) is 0 Å². The summed E-state index contributed by atoms with van der Waals surface area (Å²) in [5.74, 6) is -1.44. The van der Waals surface area contributed by atoms with Gasteiger partial charge in [-0.1, -0.05) is 0 Å². The Morgan fingerprint density at radius 2 is 2.00 bits per heavy atom. The second-order valence-electron chi connectivity index (χ2n) is 4.10. The molecule has 0 spiro atoms. The summed E-state index contributed by atoms with van der Waals surface area (Å²) in [5.41, 5.74) is 6.17. The molecular weight excluding hydrogens is 273 g/mol. The van der Waals surface area contributed by atoms with Crippen LogP contribution in [0.1, 0.15) is 12.5 Å². The molecule has 0 saturated carbocycles. The zero-order valence-electron chi connectivity index (χ0n) is 10.8. The van der Waals surface area contributed by atoms with Crippen molar-refractivity contribution in [3.63, 3.8) is 0 Å². The molecule has 8 heteroatoms. The average molecular weight is 289 g/mol. The van der Waals surface area contributed by atoms with Crippen LogP contribution < -0.4 is 15.8 Å². The predicted octanol–water partition coefficient (Wildman–Crippen LogP) is 0.129. The summed E-state index contributed by atoms with van der Waals surface area (Å²) in [6.45, 7) is 2.92. The summed E-state index contributed by atoms with van der Waals surface area (Å²) in [6.07, 6.45) is 0. The molecule has 0 bridgehead atoms. The van der Waals surface area contributed by atoms with E-state index in [0.29, 0.717) is 5.56 Å². The highest BCUT2D eigenvalue weighted by atomic mass is 32.2. The molecule has 1 atom stereocenters. The normalized spacial score (nSPS) is 13.1. The fourth-order valence-electron chi connectivity index (χ4n) is 1.44. The van der Waals surface area contributed by atoms with Crippen LogP contribution in [0.2, 0.25) is 0 Å². The van der Waals surface area contributed by atoms with Crippen molar-refractivity contribution in [2.75, 3.05) is 12.8 Å². The van der Waals surface area contributed by atoms with Gasteiger partial charge < -0.3 is 11.1 Å². The van der Waals surface area contributed by atoms with Crippen LogP contribution in [0.15, 0.2) is 17.0 Å². The van der Waals surface area contributed by atoms with Crippen LogP contribution in [0.5, 0.6) is 0 Å². The van der Waals surface area contributed by atoms with Gasteiger partial charge in [0.15, 0.2) is 0 Å². The molecule has 0 heterocycles. The summed E-state index contributed by atoms with van der Waals surface area (Å²) in [5, 5.41) is 2.29. The van der Waals surface area contributed by atoms with Crippen molar-refractivity contribution in [2.45, 2.75) is 24.8 Å². The fraction of sp³-hybridized carbons (Fsp3) is 0.364. The predicted molar refractivity (Wildman–Crippen MR) is 69.4 cm³/mol. The Morgan fingerprint density at radius 1 is 1.42 bits per heavy atom. The number of hydrogen-bond acceptors (Lipinski definition) is 4. The van der Waals surface area contributed by atoms with Gasteiger partial charge >= 0.3 is 0 Å². The molecule has 0 aliphatic rings. The number of benzene rings is 1. The molecule has 1 aromatic carbocycles. The number of amides is 1. The van der Waals surface area contributed by atoms with E-state index in [4.69, 9.17) is 5.73 Å². The molecule has 4 N–H and O–H groups in total. The summed E-state index contributed by atoms with van der Waals surface area (Å²) >= 11 is 0. The maximum atomic E-state index is 13.7. The highest BCUT2D eigenvalue weighted by Crippen LogP contribution is 2.21. The number of carbonyl (C=O) groups excluding carboxylic acids is 1. The first kappa shape index (κ1) is 15.4. The fourth-order valence-corrected chi connectivity index (χ4v) is 2.74. The van der Waals surface area contributed by atoms with E-state index >= 15 is 0 Å². The highest BCUT2D eigenvalue weighted by Gasteiger charge is 2.24. The minimum atomic E-state index is -4.15. The summed E-state index contributed by atoms with van der Waals surface area (Å²) in [4.78, 5) is 10.7. The molecule has 0 aromatic heterocycles. The van der Waals surface area contributed by atoms with E-state index in [1.54, 1.807) is 6.92 Å². The van der Waals surface area contributed by atoms with Crippen molar-refractivity contribution in [3.8, 4) is 0 Å². The zero-order valence-corrected chi connectivity index (χ0v) is 11.6. The van der Waals surface area contributed by atoms with Gasteiger partial charge in [0.2, 0.25) is 15.9 Å². The number of nitrogen functional groups attached to an aromatic ring is 1. The van der Waals surface area contributed by atoms with E-state index in [-0.39, 0.29) is 5.69 Å². The Kier molecular flexibility index (Phi) is 4.48. The van der Waals surface area contributed by atoms with Crippen molar-refractivity contribution in [2.24, 2.45) is 0 Å². The lowest BCUT2D eigenvalue weighted by atomic mass is 10.2. The van der Waals surface area contributed by atoms with E-state index < -0.39 is 32.7 Å². The number of nitrogens with one attached hydrogen (secondary N) is 2. The van der Waals surface area contributed by atoms with Crippen molar-refractivity contribution in [3.05, 3.63) is 23.5 Å². The minimum Gasteiger partial charge on any atom is -0.398 e. The maximum Gasteiger partial charge on any atom is 0.244 e. The van der Waals surface area contributed by atoms with E-state index in [9.17, 15) is 17.6 Å². The van der Waals surface area contributed by atoms with Crippen molar-refractivity contribution < 1.29 is 17.6 Å². The summed E-state index contributed by atoms with van der Waals surface area (Å²) in [6, 6.07) is 1.05. The number of aryl methyl sites for hydroxylation is 1. The largest absolute Gasteiger partial charge is 0.398 e. The Bertz CT molecular complexity index is 601. The standard InChI is InChI=1S/C11H16FN3O3S/c1-6-4-8(12)10(5-9(6)13)19(17,18)15-7(2)11(16)14-3/h4-5,7,15H,13H2,1-3H3,(H,14,16). The number of halogens is 1. The molecule has 1 unspecified atom stereocenters. The lowest BCUT2D eigenvalue weighted by molar-refractivity contribution is -0.121. The van der Waals surface area contributed by atoms with Crippen molar-refractivity contribution in [1.82, 2.24) is 10.0 Å². The maximum absolute atomic E-state index is 13.7. The second-order valence-corrected chi connectivity index (χ2v) is 5.78. The SMILES string of the molecule is CNC(=O)C(C)NS(=O)(=O)c1cc(N)c(C)cc1F. The number of nitrogens with two attached hydrogens (primary N) is 1. The monoisotopic (exact) mass is 289 g/mol. The van der Waals surface area contributed by atoms with E-state index in [1.165, 1.54) is 14.0 Å². The molecule has 0 saturated heterocycles. The van der Waals surface area contributed by atoms with Gasteiger partial charge in [-0.05, 0) is 31.5 Å². The zero-order chi connectivity index (χ0) is 14.8. The molecular formula is C11H16FN3O3S. The van der Waals surface area contributed by atoms with Crippen LogP contribution >= 0.6 is 0 Å². The third-order valence-corrected chi connectivity index (χ3v) is 4.14. The van der Waals surface area contributed by atoms with Crippen LogP contribution in [-0.2, 0) is 14.8 Å². The van der Waals surface area contributed by atoms with Crippen LogP contribution in [0.25, 0.3) is 0 Å². The Morgan fingerprint density at radius 3 is 2.53 bits per heavy atom.